The first-order chi connectivity index (χ1) is 8.49. The summed E-state index contributed by atoms with van der Waals surface area (Å²) in [6.07, 6.45) is 5.35. The highest BCUT2D eigenvalue weighted by Gasteiger charge is 2.36. The summed E-state index contributed by atoms with van der Waals surface area (Å²) in [5, 5.41) is -0.336. The van der Waals surface area contributed by atoms with Gasteiger partial charge in [-0.2, -0.15) is 0 Å². The summed E-state index contributed by atoms with van der Waals surface area (Å²) < 4.78 is 25.3. The summed E-state index contributed by atoms with van der Waals surface area (Å²) in [6.45, 7) is 2.72. The molecule has 0 aromatic carbocycles. The van der Waals surface area contributed by atoms with Gasteiger partial charge in [0.15, 0.2) is 0 Å². The minimum atomic E-state index is -3.38. The Bertz CT molecular complexity index is 358. The zero-order valence-corrected chi connectivity index (χ0v) is 11.8. The van der Waals surface area contributed by atoms with Crippen molar-refractivity contribution in [1.29, 1.82) is 0 Å². The van der Waals surface area contributed by atoms with Crippen molar-refractivity contribution < 1.29 is 13.2 Å². The molecule has 0 saturated heterocycles. The fourth-order valence-corrected chi connectivity index (χ4v) is 3.43. The number of amides is 1. The number of carbonyl (C=O) groups is 1. The summed E-state index contributed by atoms with van der Waals surface area (Å²) in [7, 11) is -3.38. The van der Waals surface area contributed by atoms with Crippen LogP contribution >= 0.6 is 0 Å². The van der Waals surface area contributed by atoms with Crippen LogP contribution in [0.1, 0.15) is 51.9 Å². The molecule has 1 aliphatic carbocycles. The molecule has 106 valence electrons. The van der Waals surface area contributed by atoms with Gasteiger partial charge in [0.1, 0.15) is 0 Å². The topological polar surface area (TPSA) is 89.3 Å². The van der Waals surface area contributed by atoms with E-state index in [2.05, 4.69) is 11.6 Å². The minimum absolute atomic E-state index is 0.274. The number of hydrogen-bond donors (Lipinski definition) is 2. The summed E-state index contributed by atoms with van der Waals surface area (Å²) in [4.78, 5) is 11.6. The molecule has 0 aromatic rings. The Labute approximate surface area is 110 Å². The van der Waals surface area contributed by atoms with Crippen molar-refractivity contribution >= 4 is 15.9 Å². The summed E-state index contributed by atoms with van der Waals surface area (Å²) in [5.41, 5.74) is 5.52. The van der Waals surface area contributed by atoms with Crippen molar-refractivity contribution in [3.8, 4) is 0 Å². The van der Waals surface area contributed by atoms with Gasteiger partial charge in [0.05, 0.1) is 5.25 Å². The molecule has 0 heterocycles. The van der Waals surface area contributed by atoms with Crippen LogP contribution in [0.2, 0.25) is 0 Å². The molecule has 1 unspecified atom stereocenters. The molecule has 6 heteroatoms. The lowest BCUT2D eigenvalue weighted by molar-refractivity contribution is -0.119. The van der Waals surface area contributed by atoms with Gasteiger partial charge >= 0.3 is 0 Å². The van der Waals surface area contributed by atoms with Gasteiger partial charge in [-0.25, -0.2) is 8.42 Å². The quantitative estimate of drug-likeness (QED) is 0.661. The first kappa shape index (κ1) is 15.4. The van der Waals surface area contributed by atoms with Gasteiger partial charge < -0.3 is 5.73 Å². The second-order valence-electron chi connectivity index (χ2n) is 5.04. The maximum absolute atomic E-state index is 11.6. The van der Waals surface area contributed by atoms with Gasteiger partial charge in [-0.15, -0.1) is 0 Å². The van der Waals surface area contributed by atoms with Crippen LogP contribution in [0.25, 0.3) is 0 Å². The molecule has 5 nitrogen and oxygen atoms in total. The molecule has 0 aromatic heterocycles. The van der Waals surface area contributed by atoms with E-state index in [0.717, 1.165) is 25.7 Å². The van der Waals surface area contributed by atoms with Gasteiger partial charge in [0, 0.05) is 6.42 Å². The SMILES string of the molecule is CCCC(CCN)CCC(=O)NS(=O)(=O)C1CC1. The van der Waals surface area contributed by atoms with Gasteiger partial charge in [0.2, 0.25) is 15.9 Å². The van der Waals surface area contributed by atoms with E-state index >= 15 is 0 Å². The third-order valence-electron chi connectivity index (χ3n) is 3.27. The third-order valence-corrected chi connectivity index (χ3v) is 5.13. The lowest BCUT2D eigenvalue weighted by Crippen LogP contribution is -2.33. The lowest BCUT2D eigenvalue weighted by atomic mass is 9.94. The number of hydrogen-bond acceptors (Lipinski definition) is 4. The molecule has 1 rings (SSSR count). The second kappa shape index (κ2) is 7.09. The Morgan fingerprint density at radius 3 is 2.50 bits per heavy atom. The van der Waals surface area contributed by atoms with E-state index in [-0.39, 0.29) is 17.6 Å². The minimum Gasteiger partial charge on any atom is -0.330 e. The Hall–Kier alpha value is -0.620. The van der Waals surface area contributed by atoms with Crippen molar-refractivity contribution in [3.05, 3.63) is 0 Å². The van der Waals surface area contributed by atoms with Gasteiger partial charge in [-0.3, -0.25) is 9.52 Å². The maximum atomic E-state index is 11.6. The molecular formula is C12H24N2O3S. The van der Waals surface area contributed by atoms with Crippen LogP contribution in [0, 0.1) is 5.92 Å². The van der Waals surface area contributed by atoms with E-state index in [0.29, 0.717) is 25.3 Å². The van der Waals surface area contributed by atoms with E-state index in [1.54, 1.807) is 0 Å². The van der Waals surface area contributed by atoms with Crippen LogP contribution < -0.4 is 10.5 Å². The molecule has 1 amide bonds. The summed E-state index contributed by atoms with van der Waals surface area (Å²) in [6, 6.07) is 0. The highest BCUT2D eigenvalue weighted by Crippen LogP contribution is 2.27. The maximum Gasteiger partial charge on any atom is 0.237 e. The predicted octanol–water partition coefficient (Wildman–Crippen LogP) is 1.14. The molecule has 0 aliphatic heterocycles. The van der Waals surface area contributed by atoms with Crippen molar-refractivity contribution in [2.24, 2.45) is 11.7 Å². The fourth-order valence-electron chi connectivity index (χ4n) is 2.08. The predicted molar refractivity (Wildman–Crippen MR) is 71.4 cm³/mol. The molecule has 1 atom stereocenters. The summed E-state index contributed by atoms with van der Waals surface area (Å²) in [5.74, 6) is 0.0504. The first-order valence-electron chi connectivity index (χ1n) is 6.74. The van der Waals surface area contributed by atoms with E-state index in [9.17, 15) is 13.2 Å². The third kappa shape index (κ3) is 5.35. The van der Waals surface area contributed by atoms with Crippen LogP contribution in [0.3, 0.4) is 0 Å². The van der Waals surface area contributed by atoms with Crippen LogP contribution in [-0.2, 0) is 14.8 Å². The molecule has 0 bridgehead atoms. The van der Waals surface area contributed by atoms with E-state index in [1.165, 1.54) is 0 Å². The Morgan fingerprint density at radius 2 is 2.00 bits per heavy atom. The molecular weight excluding hydrogens is 252 g/mol. The molecule has 0 spiro atoms. The molecule has 1 aliphatic rings. The van der Waals surface area contributed by atoms with Crippen LogP contribution in [0.15, 0.2) is 0 Å². The Kier molecular flexibility index (Phi) is 6.08. The number of rotatable bonds is 9. The van der Waals surface area contributed by atoms with E-state index in [1.807, 2.05) is 0 Å². The van der Waals surface area contributed by atoms with E-state index < -0.39 is 10.0 Å². The van der Waals surface area contributed by atoms with Gasteiger partial charge in [0.25, 0.3) is 0 Å². The standard InChI is InChI=1S/C12H24N2O3S/c1-2-3-10(8-9-13)4-7-12(15)14-18(16,17)11-5-6-11/h10-11H,2-9,13H2,1H3,(H,14,15). The summed E-state index contributed by atoms with van der Waals surface area (Å²) >= 11 is 0. The Balaban J connectivity index is 2.30. The average Bonchev–Trinajstić information content (AvgIpc) is 3.10. The average molecular weight is 276 g/mol. The monoisotopic (exact) mass is 276 g/mol. The molecule has 1 fully saturated rings. The van der Waals surface area contributed by atoms with Crippen molar-refractivity contribution in [1.82, 2.24) is 4.72 Å². The van der Waals surface area contributed by atoms with E-state index in [4.69, 9.17) is 5.73 Å². The normalized spacial score (nSPS) is 17.4. The van der Waals surface area contributed by atoms with Gasteiger partial charge in [-0.05, 0) is 38.1 Å². The largest absolute Gasteiger partial charge is 0.330 e. The number of nitrogens with one attached hydrogen (secondary N) is 1. The molecule has 0 radical (unpaired) electrons. The molecule has 18 heavy (non-hydrogen) atoms. The van der Waals surface area contributed by atoms with Crippen LogP contribution in [0.4, 0.5) is 0 Å². The molecule has 3 N–H and O–H groups in total. The second-order valence-corrected chi connectivity index (χ2v) is 7.00. The fraction of sp³-hybridized carbons (Fsp3) is 0.917. The van der Waals surface area contributed by atoms with Gasteiger partial charge in [-0.1, -0.05) is 19.8 Å². The number of sulfonamides is 1. The molecule has 1 saturated carbocycles. The van der Waals surface area contributed by atoms with Crippen molar-refractivity contribution in [3.63, 3.8) is 0 Å². The highest BCUT2D eigenvalue weighted by molar-refractivity contribution is 7.90. The van der Waals surface area contributed by atoms with Crippen LogP contribution in [0.5, 0.6) is 0 Å². The number of nitrogens with two attached hydrogens (primary N) is 1. The van der Waals surface area contributed by atoms with Crippen molar-refractivity contribution in [2.45, 2.75) is 57.1 Å². The zero-order valence-electron chi connectivity index (χ0n) is 11.0. The van der Waals surface area contributed by atoms with Crippen LogP contribution in [-0.4, -0.2) is 26.1 Å². The lowest BCUT2D eigenvalue weighted by Gasteiger charge is -2.14. The highest BCUT2D eigenvalue weighted by atomic mass is 32.2. The first-order valence-corrected chi connectivity index (χ1v) is 8.28. The Morgan fingerprint density at radius 1 is 1.33 bits per heavy atom. The van der Waals surface area contributed by atoms with Crippen molar-refractivity contribution in [2.75, 3.05) is 6.54 Å². The zero-order chi connectivity index (χ0) is 13.6. The number of carbonyl (C=O) groups excluding carboxylic acids is 1. The smallest absolute Gasteiger partial charge is 0.237 e.